The predicted octanol–water partition coefficient (Wildman–Crippen LogP) is -0.0803. The minimum absolute atomic E-state index is 0.701. The first-order valence-electron chi connectivity index (χ1n) is 9.92. The average molecular weight is 340 g/mol. The van der Waals surface area contributed by atoms with Crippen molar-refractivity contribution in [2.75, 3.05) is 98.4 Å². The summed E-state index contributed by atoms with van der Waals surface area (Å²) in [5, 5.41) is 0. The Kier molecular flexibility index (Phi) is 7.31. The maximum absolute atomic E-state index is 5.44. The first-order valence-corrected chi connectivity index (χ1v) is 9.92. The second-order valence-electron chi connectivity index (χ2n) is 7.80. The standard InChI is InChI=1S/C18H37N5O/c1-18(2)23-11-9-20(10-12-23)4-3-19-5-7-21(8-6-19)17-22-13-15-24-16-14-22/h18H,3-17H2,1-2H3. The average Bonchev–Trinajstić information content (AvgIpc) is 2.62. The molecule has 0 amide bonds. The fourth-order valence-corrected chi connectivity index (χ4v) is 3.97. The van der Waals surface area contributed by atoms with Gasteiger partial charge in [0.2, 0.25) is 0 Å². The quantitative estimate of drug-likeness (QED) is 0.671. The molecule has 140 valence electrons. The van der Waals surface area contributed by atoms with Crippen LogP contribution in [0.15, 0.2) is 0 Å². The van der Waals surface area contributed by atoms with Crippen LogP contribution >= 0.6 is 0 Å². The Morgan fingerprint density at radius 1 is 0.625 bits per heavy atom. The van der Waals surface area contributed by atoms with Crippen LogP contribution in [0.2, 0.25) is 0 Å². The second-order valence-corrected chi connectivity index (χ2v) is 7.80. The molecule has 0 radical (unpaired) electrons. The summed E-state index contributed by atoms with van der Waals surface area (Å²) in [5.41, 5.74) is 0. The first kappa shape index (κ1) is 18.5. The van der Waals surface area contributed by atoms with E-state index in [1.54, 1.807) is 0 Å². The van der Waals surface area contributed by atoms with Crippen molar-refractivity contribution in [3.05, 3.63) is 0 Å². The molecule has 0 aromatic heterocycles. The highest BCUT2D eigenvalue weighted by Gasteiger charge is 2.22. The highest BCUT2D eigenvalue weighted by molar-refractivity contribution is 4.77. The van der Waals surface area contributed by atoms with E-state index in [1.165, 1.54) is 65.4 Å². The third kappa shape index (κ3) is 5.64. The maximum atomic E-state index is 5.44. The fourth-order valence-electron chi connectivity index (χ4n) is 3.97. The predicted molar refractivity (Wildman–Crippen MR) is 98.4 cm³/mol. The van der Waals surface area contributed by atoms with E-state index in [0.717, 1.165) is 33.0 Å². The summed E-state index contributed by atoms with van der Waals surface area (Å²) < 4.78 is 5.44. The summed E-state index contributed by atoms with van der Waals surface area (Å²) in [6, 6.07) is 0.701. The van der Waals surface area contributed by atoms with Gasteiger partial charge in [-0.15, -0.1) is 0 Å². The van der Waals surface area contributed by atoms with Crippen LogP contribution in [-0.4, -0.2) is 129 Å². The summed E-state index contributed by atoms with van der Waals surface area (Å²) in [4.78, 5) is 13.1. The topological polar surface area (TPSA) is 25.4 Å². The molecule has 0 saturated carbocycles. The van der Waals surface area contributed by atoms with Crippen LogP contribution in [0.3, 0.4) is 0 Å². The van der Waals surface area contributed by atoms with E-state index in [-0.39, 0.29) is 0 Å². The van der Waals surface area contributed by atoms with Gasteiger partial charge in [0.25, 0.3) is 0 Å². The molecule has 0 unspecified atom stereocenters. The molecule has 3 aliphatic rings. The zero-order chi connectivity index (χ0) is 16.8. The third-order valence-electron chi connectivity index (χ3n) is 5.84. The van der Waals surface area contributed by atoms with Crippen molar-refractivity contribution in [2.24, 2.45) is 0 Å². The van der Waals surface area contributed by atoms with Gasteiger partial charge in [-0.2, -0.15) is 0 Å². The number of ether oxygens (including phenoxy) is 1. The van der Waals surface area contributed by atoms with Crippen LogP contribution in [0.1, 0.15) is 13.8 Å². The molecule has 0 aromatic rings. The molecule has 0 spiro atoms. The van der Waals surface area contributed by atoms with E-state index >= 15 is 0 Å². The maximum Gasteiger partial charge on any atom is 0.0594 e. The van der Waals surface area contributed by atoms with Gasteiger partial charge in [-0.3, -0.25) is 24.5 Å². The normalized spacial score (nSPS) is 27.1. The smallest absolute Gasteiger partial charge is 0.0594 e. The van der Waals surface area contributed by atoms with Gasteiger partial charge in [-0.05, 0) is 13.8 Å². The molecule has 6 nitrogen and oxygen atoms in total. The van der Waals surface area contributed by atoms with E-state index in [0.29, 0.717) is 6.04 Å². The van der Waals surface area contributed by atoms with E-state index < -0.39 is 0 Å². The Morgan fingerprint density at radius 3 is 1.62 bits per heavy atom. The molecule has 3 rings (SSSR count). The summed E-state index contributed by atoms with van der Waals surface area (Å²) in [7, 11) is 0. The molecule has 0 aliphatic carbocycles. The zero-order valence-electron chi connectivity index (χ0n) is 15.8. The Balaban J connectivity index is 1.27. The van der Waals surface area contributed by atoms with Crippen LogP contribution < -0.4 is 0 Å². The minimum Gasteiger partial charge on any atom is -0.379 e. The van der Waals surface area contributed by atoms with Crippen molar-refractivity contribution in [1.29, 1.82) is 0 Å². The highest BCUT2D eigenvalue weighted by Crippen LogP contribution is 2.08. The van der Waals surface area contributed by atoms with Crippen LogP contribution in [0.4, 0.5) is 0 Å². The van der Waals surface area contributed by atoms with E-state index in [2.05, 4.69) is 38.3 Å². The van der Waals surface area contributed by atoms with Crippen molar-refractivity contribution in [3.8, 4) is 0 Å². The number of nitrogens with zero attached hydrogens (tertiary/aromatic N) is 5. The van der Waals surface area contributed by atoms with Gasteiger partial charge in [0.15, 0.2) is 0 Å². The Bertz CT molecular complexity index is 345. The molecule has 0 N–H and O–H groups in total. The van der Waals surface area contributed by atoms with E-state index in [1.807, 2.05) is 0 Å². The van der Waals surface area contributed by atoms with Crippen molar-refractivity contribution in [3.63, 3.8) is 0 Å². The van der Waals surface area contributed by atoms with Gasteiger partial charge < -0.3 is 4.74 Å². The van der Waals surface area contributed by atoms with Crippen LogP contribution in [0.25, 0.3) is 0 Å². The third-order valence-corrected chi connectivity index (χ3v) is 5.84. The Morgan fingerprint density at radius 2 is 1.08 bits per heavy atom. The lowest BCUT2D eigenvalue weighted by Gasteiger charge is -2.40. The highest BCUT2D eigenvalue weighted by atomic mass is 16.5. The number of hydrogen-bond acceptors (Lipinski definition) is 6. The Labute approximate surface area is 148 Å². The first-order chi connectivity index (χ1) is 11.7. The van der Waals surface area contributed by atoms with Gasteiger partial charge in [0.1, 0.15) is 0 Å². The SMILES string of the molecule is CC(C)N1CCN(CCN2CCN(CN3CCOCC3)CC2)CC1. The van der Waals surface area contributed by atoms with Gasteiger partial charge in [-0.25, -0.2) is 0 Å². The molecule has 24 heavy (non-hydrogen) atoms. The largest absolute Gasteiger partial charge is 0.379 e. The van der Waals surface area contributed by atoms with Gasteiger partial charge in [-0.1, -0.05) is 0 Å². The van der Waals surface area contributed by atoms with Crippen molar-refractivity contribution >= 4 is 0 Å². The Hall–Kier alpha value is -0.240. The van der Waals surface area contributed by atoms with Crippen LogP contribution in [0.5, 0.6) is 0 Å². The summed E-state index contributed by atoms with van der Waals surface area (Å²) >= 11 is 0. The molecular formula is C18H37N5O. The van der Waals surface area contributed by atoms with E-state index in [9.17, 15) is 0 Å². The zero-order valence-corrected chi connectivity index (χ0v) is 15.8. The number of morpholine rings is 1. The lowest BCUT2D eigenvalue weighted by atomic mass is 10.2. The van der Waals surface area contributed by atoms with Gasteiger partial charge in [0.05, 0.1) is 19.9 Å². The van der Waals surface area contributed by atoms with Crippen molar-refractivity contribution < 1.29 is 4.74 Å². The van der Waals surface area contributed by atoms with Crippen LogP contribution in [0, 0.1) is 0 Å². The van der Waals surface area contributed by atoms with Crippen molar-refractivity contribution in [1.82, 2.24) is 24.5 Å². The summed E-state index contributed by atoms with van der Waals surface area (Å²) in [5.74, 6) is 0. The number of rotatable bonds is 6. The number of hydrogen-bond donors (Lipinski definition) is 0. The molecular weight excluding hydrogens is 302 g/mol. The fraction of sp³-hybridized carbons (Fsp3) is 1.00. The monoisotopic (exact) mass is 339 g/mol. The molecule has 0 bridgehead atoms. The van der Waals surface area contributed by atoms with Crippen LogP contribution in [-0.2, 0) is 4.74 Å². The second kappa shape index (κ2) is 9.46. The molecule has 3 heterocycles. The lowest BCUT2D eigenvalue weighted by Crippen LogP contribution is -2.54. The lowest BCUT2D eigenvalue weighted by molar-refractivity contribution is -0.00208. The van der Waals surface area contributed by atoms with Crippen molar-refractivity contribution in [2.45, 2.75) is 19.9 Å². The molecule has 0 atom stereocenters. The number of piperazine rings is 2. The molecule has 3 fully saturated rings. The molecule has 6 heteroatoms. The van der Waals surface area contributed by atoms with E-state index in [4.69, 9.17) is 4.74 Å². The minimum atomic E-state index is 0.701. The molecule has 3 aliphatic heterocycles. The molecule has 3 saturated heterocycles. The molecule has 0 aromatic carbocycles. The summed E-state index contributed by atoms with van der Waals surface area (Å²) in [6.45, 7) is 22.1. The van der Waals surface area contributed by atoms with Gasteiger partial charge >= 0.3 is 0 Å². The van der Waals surface area contributed by atoms with Gasteiger partial charge in [0, 0.05) is 84.6 Å². The summed E-state index contributed by atoms with van der Waals surface area (Å²) in [6.07, 6.45) is 0.